The maximum absolute atomic E-state index is 6.07. The third-order valence-corrected chi connectivity index (χ3v) is 4.32. The normalized spacial score (nSPS) is 23.9. The zero-order valence-electron chi connectivity index (χ0n) is 9.92. The van der Waals surface area contributed by atoms with Gasteiger partial charge in [-0.15, -0.1) is 0 Å². The van der Waals surface area contributed by atoms with E-state index in [9.17, 15) is 0 Å². The van der Waals surface area contributed by atoms with Gasteiger partial charge in [0.25, 0.3) is 0 Å². The molecular weight excluding hydrogens is 278 g/mol. The summed E-state index contributed by atoms with van der Waals surface area (Å²) in [5.41, 5.74) is 1.11. The van der Waals surface area contributed by atoms with E-state index < -0.39 is 0 Å². The first-order valence-electron chi connectivity index (χ1n) is 6.51. The van der Waals surface area contributed by atoms with Crippen LogP contribution in [0, 0.1) is 5.92 Å². The number of ether oxygens (including phenoxy) is 1. The van der Waals surface area contributed by atoms with Crippen molar-refractivity contribution in [2.24, 2.45) is 5.92 Å². The predicted molar refractivity (Wildman–Crippen MR) is 73.6 cm³/mol. The highest BCUT2D eigenvalue weighted by Crippen LogP contribution is 2.35. The van der Waals surface area contributed by atoms with Gasteiger partial charge in [0.2, 0.25) is 0 Å². The van der Waals surface area contributed by atoms with E-state index in [2.05, 4.69) is 27.3 Å². The smallest absolute Gasteiger partial charge is 0.142 e. The van der Waals surface area contributed by atoms with Crippen LogP contribution in [0.3, 0.4) is 0 Å². The summed E-state index contributed by atoms with van der Waals surface area (Å²) in [6.45, 7) is 0.944. The van der Waals surface area contributed by atoms with Crippen molar-refractivity contribution in [2.75, 3.05) is 11.9 Å². The number of benzene rings is 1. The predicted octanol–water partition coefficient (Wildman–Crippen LogP) is 4.20. The van der Waals surface area contributed by atoms with Gasteiger partial charge in [-0.05, 0) is 30.5 Å². The van der Waals surface area contributed by atoms with Crippen LogP contribution in [0.1, 0.15) is 32.1 Å². The lowest BCUT2D eigenvalue weighted by Crippen LogP contribution is -2.32. The molecule has 1 heterocycles. The lowest BCUT2D eigenvalue weighted by molar-refractivity contribution is 0.172. The van der Waals surface area contributed by atoms with E-state index in [1.54, 1.807) is 0 Å². The lowest BCUT2D eigenvalue weighted by Gasteiger charge is -2.29. The Morgan fingerprint density at radius 2 is 2.12 bits per heavy atom. The van der Waals surface area contributed by atoms with Gasteiger partial charge >= 0.3 is 0 Å². The molecule has 0 bridgehead atoms. The maximum atomic E-state index is 6.07. The quantitative estimate of drug-likeness (QED) is 0.883. The summed E-state index contributed by atoms with van der Waals surface area (Å²) in [5.74, 6) is 1.89. The molecule has 0 amide bonds. The minimum atomic E-state index is 0.353. The first-order chi connectivity index (χ1) is 8.31. The molecule has 17 heavy (non-hydrogen) atoms. The Bertz CT molecular complexity index is 401. The van der Waals surface area contributed by atoms with E-state index in [4.69, 9.17) is 4.74 Å². The molecule has 92 valence electrons. The lowest BCUT2D eigenvalue weighted by atomic mass is 9.99. The number of hydrogen-bond donors (Lipinski definition) is 1. The minimum absolute atomic E-state index is 0.353. The third-order valence-electron chi connectivity index (χ3n) is 3.83. The molecule has 0 saturated heterocycles. The summed E-state index contributed by atoms with van der Waals surface area (Å²) >= 11 is 3.48. The van der Waals surface area contributed by atoms with Crippen molar-refractivity contribution in [2.45, 2.75) is 38.2 Å². The number of rotatable bonds is 2. The van der Waals surface area contributed by atoms with Crippen molar-refractivity contribution in [3.05, 3.63) is 22.7 Å². The molecule has 1 fully saturated rings. The average molecular weight is 296 g/mol. The molecular formula is C14H18BrNO. The van der Waals surface area contributed by atoms with Gasteiger partial charge in [-0.1, -0.05) is 41.6 Å². The van der Waals surface area contributed by atoms with E-state index in [0.29, 0.717) is 6.10 Å². The van der Waals surface area contributed by atoms with Crippen LogP contribution >= 0.6 is 15.9 Å². The summed E-state index contributed by atoms with van der Waals surface area (Å²) in [5, 5.41) is 3.47. The van der Waals surface area contributed by atoms with E-state index in [1.807, 2.05) is 12.1 Å². The van der Waals surface area contributed by atoms with E-state index >= 15 is 0 Å². The van der Waals surface area contributed by atoms with Crippen molar-refractivity contribution in [1.82, 2.24) is 0 Å². The minimum Gasteiger partial charge on any atom is -0.486 e. The second-order valence-corrected chi connectivity index (χ2v) is 6.06. The number of anilines is 1. The highest BCUT2D eigenvalue weighted by molar-refractivity contribution is 9.10. The summed E-state index contributed by atoms with van der Waals surface area (Å²) < 4.78 is 7.16. The van der Waals surface area contributed by atoms with Crippen molar-refractivity contribution >= 4 is 21.6 Å². The summed E-state index contributed by atoms with van der Waals surface area (Å²) in [4.78, 5) is 0. The SMILES string of the molecule is Brc1ccc2c(c1)NCC(CC1CCCC1)O2. The first-order valence-corrected chi connectivity index (χ1v) is 7.30. The Morgan fingerprint density at radius 1 is 1.29 bits per heavy atom. The fraction of sp³-hybridized carbons (Fsp3) is 0.571. The van der Waals surface area contributed by atoms with Crippen LogP contribution in [-0.2, 0) is 0 Å². The van der Waals surface area contributed by atoms with Crippen LogP contribution in [0.5, 0.6) is 5.75 Å². The van der Waals surface area contributed by atoms with Gasteiger partial charge in [-0.2, -0.15) is 0 Å². The van der Waals surface area contributed by atoms with Crippen LogP contribution < -0.4 is 10.1 Å². The van der Waals surface area contributed by atoms with E-state index in [-0.39, 0.29) is 0 Å². The molecule has 0 aromatic heterocycles. The molecule has 1 aromatic rings. The highest BCUT2D eigenvalue weighted by atomic mass is 79.9. The topological polar surface area (TPSA) is 21.3 Å². The van der Waals surface area contributed by atoms with Gasteiger partial charge in [0.05, 0.1) is 12.2 Å². The Morgan fingerprint density at radius 3 is 2.94 bits per heavy atom. The molecule has 0 spiro atoms. The van der Waals surface area contributed by atoms with Crippen molar-refractivity contribution in [1.29, 1.82) is 0 Å². The first kappa shape index (κ1) is 11.4. The van der Waals surface area contributed by atoms with Crippen LogP contribution in [0.25, 0.3) is 0 Å². The molecule has 3 rings (SSSR count). The van der Waals surface area contributed by atoms with Gasteiger partial charge in [0.15, 0.2) is 0 Å². The third kappa shape index (κ3) is 2.59. The second-order valence-electron chi connectivity index (χ2n) is 5.15. The molecule has 0 radical (unpaired) electrons. The molecule has 1 aliphatic carbocycles. The number of halogens is 1. The summed E-state index contributed by atoms with van der Waals surface area (Å²) in [6.07, 6.45) is 7.18. The molecule has 1 aliphatic heterocycles. The molecule has 1 N–H and O–H groups in total. The van der Waals surface area contributed by atoms with E-state index in [0.717, 1.165) is 28.4 Å². The molecule has 1 atom stereocenters. The second kappa shape index (κ2) is 4.89. The summed E-state index contributed by atoms with van der Waals surface area (Å²) in [6, 6.07) is 6.17. The molecule has 3 heteroatoms. The van der Waals surface area contributed by atoms with Crippen LogP contribution in [0.4, 0.5) is 5.69 Å². The molecule has 2 aliphatic rings. The Kier molecular flexibility index (Phi) is 3.28. The van der Waals surface area contributed by atoms with Gasteiger partial charge in [-0.25, -0.2) is 0 Å². The zero-order chi connectivity index (χ0) is 11.7. The van der Waals surface area contributed by atoms with E-state index in [1.165, 1.54) is 32.1 Å². The Labute approximate surface area is 111 Å². The van der Waals surface area contributed by atoms with Crippen LogP contribution in [0.2, 0.25) is 0 Å². The Hall–Kier alpha value is -0.700. The number of hydrogen-bond acceptors (Lipinski definition) is 2. The molecule has 1 aromatic carbocycles. The van der Waals surface area contributed by atoms with Gasteiger partial charge in [-0.3, -0.25) is 0 Å². The van der Waals surface area contributed by atoms with Crippen LogP contribution in [-0.4, -0.2) is 12.6 Å². The van der Waals surface area contributed by atoms with Gasteiger partial charge < -0.3 is 10.1 Å². The van der Waals surface area contributed by atoms with Gasteiger partial charge in [0, 0.05) is 4.47 Å². The Balaban J connectivity index is 1.65. The molecule has 1 saturated carbocycles. The fourth-order valence-corrected chi connectivity index (χ4v) is 3.30. The van der Waals surface area contributed by atoms with Crippen molar-refractivity contribution in [3.63, 3.8) is 0 Å². The fourth-order valence-electron chi connectivity index (χ4n) is 2.94. The van der Waals surface area contributed by atoms with Crippen molar-refractivity contribution in [3.8, 4) is 5.75 Å². The average Bonchev–Trinajstić information content (AvgIpc) is 2.82. The van der Waals surface area contributed by atoms with Crippen molar-refractivity contribution < 1.29 is 4.74 Å². The standard InChI is InChI=1S/C14H18BrNO/c15-11-5-6-14-13(8-11)16-9-12(17-14)7-10-3-1-2-4-10/h5-6,8,10,12,16H,1-4,7,9H2. The summed E-state index contributed by atoms with van der Waals surface area (Å²) in [7, 11) is 0. The van der Waals surface area contributed by atoms with Crippen LogP contribution in [0.15, 0.2) is 22.7 Å². The zero-order valence-corrected chi connectivity index (χ0v) is 11.5. The number of fused-ring (bicyclic) bond motifs is 1. The highest BCUT2D eigenvalue weighted by Gasteiger charge is 2.24. The largest absolute Gasteiger partial charge is 0.486 e. The molecule has 1 unspecified atom stereocenters. The monoisotopic (exact) mass is 295 g/mol. The number of nitrogens with one attached hydrogen (secondary N) is 1. The molecule has 2 nitrogen and oxygen atoms in total. The maximum Gasteiger partial charge on any atom is 0.142 e. The van der Waals surface area contributed by atoms with Gasteiger partial charge in [0.1, 0.15) is 11.9 Å².